The van der Waals surface area contributed by atoms with E-state index in [2.05, 4.69) is 90.3 Å². The molecule has 0 amide bonds. The van der Waals surface area contributed by atoms with Crippen LogP contribution in [0.5, 0.6) is 5.75 Å². The number of hydrogen-bond donors (Lipinski definition) is 1. The van der Waals surface area contributed by atoms with Gasteiger partial charge in [0.15, 0.2) is 0 Å². The van der Waals surface area contributed by atoms with E-state index >= 15 is 0 Å². The molecule has 0 radical (unpaired) electrons. The third-order valence-corrected chi connectivity index (χ3v) is 7.97. The zero-order valence-corrected chi connectivity index (χ0v) is 19.7. The fourth-order valence-corrected chi connectivity index (χ4v) is 6.21. The summed E-state index contributed by atoms with van der Waals surface area (Å²) in [4.78, 5) is 5.32. The molecule has 4 nitrogen and oxygen atoms in total. The van der Waals surface area contributed by atoms with Crippen LogP contribution in [0, 0.1) is 0 Å². The molecule has 3 aliphatic rings. The minimum atomic E-state index is -0.583. The Bertz CT molecular complexity index is 1230. The summed E-state index contributed by atoms with van der Waals surface area (Å²) in [5, 5.41) is 6.01. The second-order valence-corrected chi connectivity index (χ2v) is 9.86. The molecule has 1 N–H and O–H groups in total. The molecule has 2 aliphatic heterocycles. The van der Waals surface area contributed by atoms with Gasteiger partial charge < -0.3 is 9.47 Å². The van der Waals surface area contributed by atoms with Gasteiger partial charge in [0.25, 0.3) is 0 Å². The van der Waals surface area contributed by atoms with Crippen LogP contribution in [0.3, 0.4) is 0 Å². The minimum Gasteiger partial charge on any atom is -0.497 e. The van der Waals surface area contributed by atoms with Gasteiger partial charge in [0, 0.05) is 12.5 Å². The fraction of sp³-hybridized carbons (Fsp3) is 0.367. The van der Waals surface area contributed by atoms with Crippen molar-refractivity contribution in [1.29, 1.82) is 0 Å². The Kier molecular flexibility index (Phi) is 5.51. The monoisotopic (exact) mass is 452 g/mol. The average Bonchev–Trinajstić information content (AvgIpc) is 3.31. The van der Waals surface area contributed by atoms with Gasteiger partial charge in [-0.1, -0.05) is 79.9 Å². The van der Waals surface area contributed by atoms with Gasteiger partial charge in [0.05, 0.1) is 18.1 Å². The highest BCUT2D eigenvalue weighted by Gasteiger charge is 2.52. The van der Waals surface area contributed by atoms with Gasteiger partial charge in [0.2, 0.25) is 0 Å². The Balaban J connectivity index is 1.42. The molecule has 2 heterocycles. The van der Waals surface area contributed by atoms with E-state index in [-0.39, 0.29) is 11.8 Å². The maximum absolute atomic E-state index is 7.24. The maximum atomic E-state index is 7.24. The molecule has 174 valence electrons. The number of nitrogens with zero attached hydrogens (tertiary/aromatic N) is 1. The summed E-state index contributed by atoms with van der Waals surface area (Å²) in [5.41, 5.74) is 1.71. The molecule has 3 aromatic rings. The van der Waals surface area contributed by atoms with E-state index in [4.69, 9.17) is 14.5 Å². The van der Waals surface area contributed by atoms with Crippen molar-refractivity contribution in [2.75, 3.05) is 13.7 Å². The van der Waals surface area contributed by atoms with E-state index in [0.717, 1.165) is 36.1 Å². The number of nitrogens with one attached hydrogen (secondary N) is 1. The van der Waals surface area contributed by atoms with E-state index in [1.54, 1.807) is 7.11 Å². The first-order valence-corrected chi connectivity index (χ1v) is 12.5. The highest BCUT2D eigenvalue weighted by molar-refractivity contribution is 5.51. The van der Waals surface area contributed by atoms with Crippen LogP contribution in [-0.4, -0.2) is 25.5 Å². The number of hydrogen-bond acceptors (Lipinski definition) is 4. The van der Waals surface area contributed by atoms with Crippen molar-refractivity contribution in [3.63, 3.8) is 0 Å². The maximum Gasteiger partial charge on any atom is 0.145 e. The molecule has 1 aliphatic carbocycles. The van der Waals surface area contributed by atoms with Crippen molar-refractivity contribution in [2.24, 2.45) is 4.99 Å². The van der Waals surface area contributed by atoms with Crippen molar-refractivity contribution in [3.05, 3.63) is 101 Å². The van der Waals surface area contributed by atoms with Crippen molar-refractivity contribution in [3.8, 4) is 5.75 Å². The van der Waals surface area contributed by atoms with Gasteiger partial charge in [-0.25, -0.2) is 0 Å². The zero-order valence-electron chi connectivity index (χ0n) is 19.7. The molecular weight excluding hydrogens is 420 g/mol. The molecule has 6 rings (SSSR count). The second kappa shape index (κ2) is 8.68. The molecule has 3 atom stereocenters. The smallest absolute Gasteiger partial charge is 0.145 e. The standard InChI is InChI=1S/C30H32N2O2/c1-33-25-16-14-22(15-17-25)26-21-31-28(34-29(26)18-8-3-9-19-29)30(24-11-4-2-5-12-24)20-23-10-6-7-13-27(23)32-30/h2,4-7,10-17,20,26,28,31H,3,8-9,18-19,21H2,1H3. The molecule has 1 saturated heterocycles. The number of ether oxygens (including phenoxy) is 2. The minimum absolute atomic E-state index is 0.192. The third kappa shape index (κ3) is 3.57. The van der Waals surface area contributed by atoms with Crippen LogP contribution in [0.25, 0.3) is 6.08 Å². The highest BCUT2D eigenvalue weighted by atomic mass is 16.5. The van der Waals surface area contributed by atoms with Crippen LogP contribution in [0.1, 0.15) is 49.1 Å². The van der Waals surface area contributed by atoms with Gasteiger partial charge >= 0.3 is 0 Å². The summed E-state index contributed by atoms with van der Waals surface area (Å²) in [6, 6.07) is 27.6. The SMILES string of the molecule is COc1ccc(C2CNC(C3(c4ccccc4)C=c4ccccc4=N3)OC23CCCCC3)cc1. The van der Waals surface area contributed by atoms with Gasteiger partial charge in [-0.3, -0.25) is 10.3 Å². The first-order valence-electron chi connectivity index (χ1n) is 12.5. The summed E-state index contributed by atoms with van der Waals surface area (Å²) in [5.74, 6) is 1.19. The molecule has 1 saturated carbocycles. The van der Waals surface area contributed by atoms with E-state index in [1.807, 2.05) is 0 Å². The van der Waals surface area contributed by atoms with Crippen molar-refractivity contribution in [2.45, 2.75) is 55.4 Å². The lowest BCUT2D eigenvalue weighted by atomic mass is 9.71. The van der Waals surface area contributed by atoms with Crippen molar-refractivity contribution >= 4 is 6.08 Å². The largest absolute Gasteiger partial charge is 0.497 e. The first-order chi connectivity index (χ1) is 16.7. The van der Waals surface area contributed by atoms with E-state index < -0.39 is 5.54 Å². The topological polar surface area (TPSA) is 42.8 Å². The Morgan fingerprint density at radius 1 is 0.882 bits per heavy atom. The normalized spacial score (nSPS) is 27.4. The molecule has 1 spiro atoms. The molecular formula is C30H32N2O2. The van der Waals surface area contributed by atoms with Crippen LogP contribution in [0.2, 0.25) is 0 Å². The van der Waals surface area contributed by atoms with E-state index in [0.29, 0.717) is 5.92 Å². The van der Waals surface area contributed by atoms with E-state index in [1.165, 1.54) is 30.0 Å². The number of benzene rings is 3. The molecule has 3 aromatic carbocycles. The lowest BCUT2D eigenvalue weighted by molar-refractivity contribution is -0.180. The van der Waals surface area contributed by atoms with Gasteiger partial charge in [0.1, 0.15) is 17.5 Å². The number of methoxy groups -OCH3 is 1. The Morgan fingerprint density at radius 2 is 1.62 bits per heavy atom. The van der Waals surface area contributed by atoms with Crippen LogP contribution >= 0.6 is 0 Å². The zero-order chi connectivity index (χ0) is 23.0. The molecule has 3 unspecified atom stereocenters. The van der Waals surface area contributed by atoms with Gasteiger partial charge in [-0.05, 0) is 53.5 Å². The third-order valence-electron chi connectivity index (χ3n) is 7.97. The molecule has 4 heteroatoms. The van der Waals surface area contributed by atoms with Crippen LogP contribution < -0.4 is 20.6 Å². The van der Waals surface area contributed by atoms with E-state index in [9.17, 15) is 0 Å². The molecule has 34 heavy (non-hydrogen) atoms. The second-order valence-electron chi connectivity index (χ2n) is 9.86. The molecule has 0 bridgehead atoms. The summed E-state index contributed by atoms with van der Waals surface area (Å²) < 4.78 is 12.7. The fourth-order valence-electron chi connectivity index (χ4n) is 6.21. The summed E-state index contributed by atoms with van der Waals surface area (Å²) in [7, 11) is 1.72. The summed E-state index contributed by atoms with van der Waals surface area (Å²) >= 11 is 0. The Hall–Kier alpha value is -2.95. The predicted molar refractivity (Wildman–Crippen MR) is 134 cm³/mol. The summed E-state index contributed by atoms with van der Waals surface area (Å²) in [6.07, 6.45) is 7.94. The van der Waals surface area contributed by atoms with Gasteiger partial charge in [-0.2, -0.15) is 0 Å². The first kappa shape index (κ1) is 21.6. The lowest BCUT2D eigenvalue weighted by Crippen LogP contribution is -2.61. The number of para-hydroxylation sites is 1. The van der Waals surface area contributed by atoms with Crippen LogP contribution in [0.15, 0.2) is 83.9 Å². The molecule has 2 fully saturated rings. The van der Waals surface area contributed by atoms with Crippen molar-refractivity contribution < 1.29 is 9.47 Å². The summed E-state index contributed by atoms with van der Waals surface area (Å²) in [6.45, 7) is 0.866. The van der Waals surface area contributed by atoms with Crippen LogP contribution in [0.4, 0.5) is 0 Å². The number of fused-ring (bicyclic) bond motifs is 1. The Morgan fingerprint density at radius 3 is 2.35 bits per heavy atom. The average molecular weight is 453 g/mol. The lowest BCUT2D eigenvalue weighted by Gasteiger charge is -2.52. The van der Waals surface area contributed by atoms with Crippen LogP contribution in [-0.2, 0) is 10.3 Å². The quantitative estimate of drug-likeness (QED) is 0.637. The Labute approximate surface area is 201 Å². The van der Waals surface area contributed by atoms with Gasteiger partial charge in [-0.15, -0.1) is 0 Å². The number of rotatable bonds is 4. The van der Waals surface area contributed by atoms with Crippen molar-refractivity contribution in [1.82, 2.24) is 5.32 Å². The molecule has 0 aromatic heterocycles. The highest BCUT2D eigenvalue weighted by Crippen LogP contribution is 2.48. The predicted octanol–water partition coefficient (Wildman–Crippen LogP) is 4.44.